The largest absolute Gasteiger partial charge is 0.454 e. The second kappa shape index (κ2) is 6.93. The third-order valence-corrected chi connectivity index (χ3v) is 2.32. The number of alkyl halides is 3. The summed E-state index contributed by atoms with van der Waals surface area (Å²) in [6.45, 7) is -0.494. The molecule has 0 bridgehead atoms. The SMILES string of the molecule is CC(=O)NC(Cc1ccccc1)C(=O)OCC(F)(F)F. The van der Waals surface area contributed by atoms with Crippen molar-refractivity contribution >= 4 is 11.9 Å². The molecule has 1 N–H and O–H groups in total. The van der Waals surface area contributed by atoms with Crippen LogP contribution in [0.3, 0.4) is 0 Å². The van der Waals surface area contributed by atoms with Crippen molar-refractivity contribution in [2.45, 2.75) is 25.6 Å². The Kier molecular flexibility index (Phi) is 5.54. The maximum atomic E-state index is 12.0. The average molecular weight is 289 g/mol. The zero-order valence-electron chi connectivity index (χ0n) is 10.7. The first-order valence-electron chi connectivity index (χ1n) is 5.82. The molecule has 0 saturated carbocycles. The lowest BCUT2D eigenvalue weighted by molar-refractivity contribution is -0.187. The van der Waals surface area contributed by atoms with Crippen LogP contribution in [-0.2, 0) is 20.7 Å². The van der Waals surface area contributed by atoms with Crippen LogP contribution in [0.5, 0.6) is 0 Å². The van der Waals surface area contributed by atoms with E-state index < -0.39 is 30.7 Å². The number of esters is 1. The standard InChI is InChI=1S/C13H14F3NO3/c1-9(18)17-11(7-10-5-3-2-4-6-10)12(19)20-8-13(14,15)16/h2-6,11H,7-8H2,1H3,(H,17,18). The molecule has 0 spiro atoms. The molecule has 1 aromatic carbocycles. The number of ether oxygens (including phenoxy) is 1. The van der Waals surface area contributed by atoms with Crippen LogP contribution in [0.2, 0.25) is 0 Å². The molecule has 1 aromatic rings. The van der Waals surface area contributed by atoms with Crippen LogP contribution in [0.4, 0.5) is 13.2 Å². The Morgan fingerprint density at radius 1 is 1.25 bits per heavy atom. The van der Waals surface area contributed by atoms with E-state index in [0.29, 0.717) is 5.56 Å². The number of benzene rings is 1. The highest BCUT2D eigenvalue weighted by atomic mass is 19.4. The summed E-state index contributed by atoms with van der Waals surface area (Å²) in [6.07, 6.45) is -4.53. The van der Waals surface area contributed by atoms with Gasteiger partial charge in [-0.15, -0.1) is 0 Å². The summed E-state index contributed by atoms with van der Waals surface area (Å²) in [6, 6.07) is 7.47. The van der Waals surface area contributed by atoms with Crippen LogP contribution in [0.1, 0.15) is 12.5 Å². The van der Waals surface area contributed by atoms with E-state index in [9.17, 15) is 22.8 Å². The lowest BCUT2D eigenvalue weighted by Gasteiger charge is -2.17. The molecule has 0 aliphatic carbocycles. The van der Waals surface area contributed by atoms with Crippen molar-refractivity contribution in [1.82, 2.24) is 5.32 Å². The Balaban J connectivity index is 2.68. The van der Waals surface area contributed by atoms with Gasteiger partial charge in [0.1, 0.15) is 6.04 Å². The number of rotatable bonds is 5. The van der Waals surface area contributed by atoms with Gasteiger partial charge < -0.3 is 10.1 Å². The normalized spacial score (nSPS) is 12.6. The summed E-state index contributed by atoms with van der Waals surface area (Å²) in [7, 11) is 0. The smallest absolute Gasteiger partial charge is 0.422 e. The quantitative estimate of drug-likeness (QED) is 0.842. The van der Waals surface area contributed by atoms with Gasteiger partial charge in [-0.05, 0) is 5.56 Å². The molecule has 1 unspecified atom stereocenters. The summed E-state index contributed by atoms with van der Waals surface area (Å²) in [5.74, 6) is -1.63. The molecule has 110 valence electrons. The fraction of sp³-hybridized carbons (Fsp3) is 0.385. The summed E-state index contributed by atoms with van der Waals surface area (Å²) >= 11 is 0. The first kappa shape index (κ1) is 16.0. The summed E-state index contributed by atoms with van der Waals surface area (Å²) in [5, 5.41) is 2.28. The van der Waals surface area contributed by atoms with Crippen molar-refractivity contribution in [3.63, 3.8) is 0 Å². The van der Waals surface area contributed by atoms with Gasteiger partial charge in [-0.2, -0.15) is 13.2 Å². The molecular formula is C13H14F3NO3. The van der Waals surface area contributed by atoms with Gasteiger partial charge >= 0.3 is 12.1 Å². The fourth-order valence-corrected chi connectivity index (χ4v) is 1.54. The predicted octanol–water partition coefficient (Wildman–Crippen LogP) is 1.84. The zero-order valence-corrected chi connectivity index (χ0v) is 10.7. The second-order valence-corrected chi connectivity index (χ2v) is 4.17. The van der Waals surface area contributed by atoms with Crippen molar-refractivity contribution < 1.29 is 27.5 Å². The molecule has 0 fully saturated rings. The summed E-state index contributed by atoms with van der Waals surface area (Å²) < 4.78 is 40.2. The van der Waals surface area contributed by atoms with E-state index in [4.69, 9.17) is 0 Å². The maximum Gasteiger partial charge on any atom is 0.422 e. The monoisotopic (exact) mass is 289 g/mol. The molecule has 1 atom stereocenters. The van der Waals surface area contributed by atoms with E-state index in [1.54, 1.807) is 30.3 Å². The number of hydrogen-bond donors (Lipinski definition) is 1. The molecule has 0 heterocycles. The topological polar surface area (TPSA) is 55.4 Å². The average Bonchev–Trinajstić information content (AvgIpc) is 2.35. The summed E-state index contributed by atoms with van der Waals surface area (Å²) in [4.78, 5) is 22.6. The molecule has 0 aliphatic heterocycles. The highest BCUT2D eigenvalue weighted by molar-refractivity contribution is 5.83. The Morgan fingerprint density at radius 2 is 1.85 bits per heavy atom. The predicted molar refractivity (Wildman–Crippen MR) is 64.8 cm³/mol. The van der Waals surface area contributed by atoms with Crippen molar-refractivity contribution in [3.8, 4) is 0 Å². The Morgan fingerprint density at radius 3 is 2.35 bits per heavy atom. The zero-order chi connectivity index (χ0) is 15.2. The van der Waals surface area contributed by atoms with Gasteiger partial charge in [0, 0.05) is 13.3 Å². The highest BCUT2D eigenvalue weighted by Gasteiger charge is 2.31. The van der Waals surface area contributed by atoms with E-state index in [1.807, 2.05) is 0 Å². The number of carbonyl (C=O) groups excluding carboxylic acids is 2. The molecule has 4 nitrogen and oxygen atoms in total. The van der Waals surface area contributed by atoms with Crippen LogP contribution >= 0.6 is 0 Å². The Bertz CT molecular complexity index is 460. The van der Waals surface area contributed by atoms with Crippen molar-refractivity contribution in [3.05, 3.63) is 35.9 Å². The maximum absolute atomic E-state index is 12.0. The second-order valence-electron chi connectivity index (χ2n) is 4.17. The van der Waals surface area contributed by atoms with Crippen LogP contribution in [0, 0.1) is 0 Å². The number of amides is 1. The first-order valence-corrected chi connectivity index (χ1v) is 5.82. The van der Waals surface area contributed by atoms with Crippen LogP contribution in [0.25, 0.3) is 0 Å². The first-order chi connectivity index (χ1) is 9.28. The highest BCUT2D eigenvalue weighted by Crippen LogP contribution is 2.15. The van der Waals surface area contributed by atoms with Crippen molar-refractivity contribution in [1.29, 1.82) is 0 Å². The van der Waals surface area contributed by atoms with Gasteiger partial charge in [-0.1, -0.05) is 30.3 Å². The van der Waals surface area contributed by atoms with Crippen molar-refractivity contribution in [2.75, 3.05) is 6.61 Å². The minimum atomic E-state index is -4.59. The van der Waals surface area contributed by atoms with Gasteiger partial charge in [-0.25, -0.2) is 4.79 Å². The van der Waals surface area contributed by atoms with E-state index in [-0.39, 0.29) is 6.42 Å². The van der Waals surface area contributed by atoms with E-state index in [2.05, 4.69) is 10.1 Å². The molecule has 7 heteroatoms. The molecule has 20 heavy (non-hydrogen) atoms. The van der Waals surface area contributed by atoms with E-state index in [0.717, 1.165) is 0 Å². The lowest BCUT2D eigenvalue weighted by Crippen LogP contribution is -2.43. The van der Waals surface area contributed by atoms with Gasteiger partial charge in [0.2, 0.25) is 5.91 Å². The molecule has 0 radical (unpaired) electrons. The molecule has 0 aromatic heterocycles. The number of halogens is 3. The van der Waals surface area contributed by atoms with E-state index in [1.165, 1.54) is 6.92 Å². The van der Waals surface area contributed by atoms with Gasteiger partial charge in [0.05, 0.1) is 0 Å². The molecule has 0 saturated heterocycles. The minimum absolute atomic E-state index is 0.0666. The fourth-order valence-electron chi connectivity index (χ4n) is 1.54. The van der Waals surface area contributed by atoms with Crippen LogP contribution < -0.4 is 5.32 Å². The van der Waals surface area contributed by atoms with E-state index >= 15 is 0 Å². The Hall–Kier alpha value is -2.05. The number of nitrogens with one attached hydrogen (secondary N) is 1. The molecule has 1 rings (SSSR count). The van der Waals surface area contributed by atoms with Gasteiger partial charge in [0.25, 0.3) is 0 Å². The van der Waals surface area contributed by atoms with Gasteiger partial charge in [-0.3, -0.25) is 4.79 Å². The van der Waals surface area contributed by atoms with Gasteiger partial charge in [0.15, 0.2) is 6.61 Å². The third-order valence-electron chi connectivity index (χ3n) is 2.32. The third kappa shape index (κ3) is 6.21. The van der Waals surface area contributed by atoms with Crippen LogP contribution in [-0.4, -0.2) is 30.7 Å². The van der Waals surface area contributed by atoms with Crippen LogP contribution in [0.15, 0.2) is 30.3 Å². The molecular weight excluding hydrogens is 275 g/mol. The molecule has 0 aliphatic rings. The van der Waals surface area contributed by atoms with Crippen molar-refractivity contribution in [2.24, 2.45) is 0 Å². The molecule has 1 amide bonds. The lowest BCUT2D eigenvalue weighted by atomic mass is 10.1. The minimum Gasteiger partial charge on any atom is -0.454 e. The Labute approximate surface area is 113 Å². The number of hydrogen-bond acceptors (Lipinski definition) is 3. The number of carbonyl (C=O) groups is 2. The summed E-state index contributed by atoms with van der Waals surface area (Å²) in [5.41, 5.74) is 0.704.